The minimum absolute atomic E-state index is 0.0290. The molecule has 5 heterocycles. The number of benzene rings is 1. The van der Waals surface area contributed by atoms with Gasteiger partial charge in [-0.3, -0.25) is 18.2 Å². The minimum atomic E-state index is -5.19. The van der Waals surface area contributed by atoms with Gasteiger partial charge in [0.05, 0.1) is 44.2 Å². The monoisotopic (exact) mass is 682 g/mol. The van der Waals surface area contributed by atoms with Crippen LogP contribution in [-0.4, -0.2) is 71.8 Å². The van der Waals surface area contributed by atoms with Crippen LogP contribution in [0.1, 0.15) is 22.8 Å². The number of aromatic nitrogens is 4. The number of fused-ring (bicyclic) bond motifs is 11. The molecule has 5 aromatic rings. The van der Waals surface area contributed by atoms with Gasteiger partial charge in [0.15, 0.2) is 0 Å². The van der Waals surface area contributed by atoms with Gasteiger partial charge in [-0.1, -0.05) is 24.3 Å². The molecule has 0 fully saturated rings. The SMILES string of the molecule is O=S(=O)(O)C1=c2ccc([nH]2)=C(S(=O)(=O)O)c2[nH]c(c3ccccc23)C(S(=O)(=O)O)=c2ccc([nH]2)=C(S(=O)(=O)O)c2ccc1[nH]2. The summed E-state index contributed by atoms with van der Waals surface area (Å²) in [5, 5.41) is -1.60. The third kappa shape index (κ3) is 4.92. The van der Waals surface area contributed by atoms with E-state index >= 15 is 0 Å². The maximum atomic E-state index is 12.8. The number of hydrogen-bond acceptors (Lipinski definition) is 8. The van der Waals surface area contributed by atoms with Crippen LogP contribution in [-0.2, 0) is 40.5 Å². The van der Waals surface area contributed by atoms with Crippen LogP contribution in [0.15, 0.2) is 60.7 Å². The Hall–Kier alpha value is -4.28. The molecule has 16 nitrogen and oxygen atoms in total. The van der Waals surface area contributed by atoms with Gasteiger partial charge < -0.3 is 19.9 Å². The van der Waals surface area contributed by atoms with E-state index in [0.717, 1.165) is 36.4 Å². The highest BCUT2D eigenvalue weighted by atomic mass is 32.2. The standard InChI is InChI=1S/C24H18N4O12S4/c29-41(30,31)21-13-5-6-14(25-13)22(42(32,33)34)16-8-10-18(27-16)24(44(38,39)40)20-12-4-2-1-3-11(12)19(28-20)23(43(35,36)37)17-9-7-15(21)26-17/h1-10,25-28H,(H,29,30,31)(H,32,33,34)(H,35,36,37)(H,38,39,40). The highest BCUT2D eigenvalue weighted by Crippen LogP contribution is 2.33. The normalized spacial score (nSPS) is 14.9. The van der Waals surface area contributed by atoms with Crippen molar-refractivity contribution in [2.24, 2.45) is 0 Å². The summed E-state index contributed by atoms with van der Waals surface area (Å²) in [5.41, 5.74) is -1.59. The Morgan fingerprint density at radius 3 is 1.02 bits per heavy atom. The Kier molecular flexibility index (Phi) is 6.50. The first kappa shape index (κ1) is 29.8. The molecule has 20 heteroatoms. The summed E-state index contributed by atoms with van der Waals surface area (Å²) >= 11 is 0. The maximum absolute atomic E-state index is 12.8. The first-order valence-electron chi connectivity index (χ1n) is 11.9. The number of nitrogens with one attached hydrogen (secondary N) is 4. The van der Waals surface area contributed by atoms with Crippen molar-refractivity contribution in [2.45, 2.75) is 0 Å². The van der Waals surface area contributed by atoms with E-state index in [1.54, 1.807) is 0 Å². The van der Waals surface area contributed by atoms with E-state index in [4.69, 9.17) is 0 Å². The Morgan fingerprint density at radius 1 is 0.386 bits per heavy atom. The number of aromatic amines is 4. The second kappa shape index (κ2) is 9.61. The molecule has 0 atom stereocenters. The third-order valence-electron chi connectivity index (χ3n) is 6.73. The van der Waals surface area contributed by atoms with Gasteiger partial charge in [0.25, 0.3) is 40.5 Å². The summed E-state index contributed by atoms with van der Waals surface area (Å²) in [7, 11) is -20.6. The van der Waals surface area contributed by atoms with Crippen molar-refractivity contribution < 1.29 is 51.9 Å². The lowest BCUT2D eigenvalue weighted by atomic mass is 10.1. The molecule has 0 spiro atoms. The van der Waals surface area contributed by atoms with E-state index in [-0.39, 0.29) is 22.2 Å². The van der Waals surface area contributed by atoms with Crippen molar-refractivity contribution in [3.05, 3.63) is 105 Å². The summed E-state index contributed by atoms with van der Waals surface area (Å²) in [4.78, 5) is 6.66. The van der Waals surface area contributed by atoms with Crippen molar-refractivity contribution in [1.82, 2.24) is 19.9 Å². The fourth-order valence-electron chi connectivity index (χ4n) is 5.17. The Balaban J connectivity index is 1.98. The van der Waals surface area contributed by atoms with Crippen LogP contribution in [0, 0.1) is 0 Å². The molecular formula is C24H18N4O12S4. The number of H-pyrrole nitrogens is 4. The molecule has 0 saturated heterocycles. The Bertz CT molecular complexity index is 2580. The zero-order valence-corrected chi connectivity index (χ0v) is 24.7. The van der Waals surface area contributed by atoms with Crippen molar-refractivity contribution in [1.29, 1.82) is 0 Å². The zero-order chi connectivity index (χ0) is 32.0. The summed E-state index contributed by atoms with van der Waals surface area (Å²) < 4.78 is 142. The van der Waals surface area contributed by atoms with E-state index in [1.807, 2.05) is 0 Å². The Morgan fingerprint density at radius 2 is 0.705 bits per heavy atom. The first-order chi connectivity index (χ1) is 20.4. The third-order valence-corrected chi connectivity index (χ3v) is 10.5. The van der Waals surface area contributed by atoms with Crippen molar-refractivity contribution in [3.63, 3.8) is 0 Å². The molecule has 0 radical (unpaired) electrons. The van der Waals surface area contributed by atoms with Crippen LogP contribution >= 0.6 is 0 Å². The van der Waals surface area contributed by atoms with E-state index in [9.17, 15) is 51.9 Å². The smallest absolute Gasteiger partial charge is 0.298 e. The van der Waals surface area contributed by atoms with Crippen LogP contribution in [0.4, 0.5) is 0 Å². The van der Waals surface area contributed by atoms with E-state index < -0.39 is 92.9 Å². The van der Waals surface area contributed by atoms with Crippen LogP contribution in [0.2, 0.25) is 0 Å². The lowest BCUT2D eigenvalue weighted by molar-refractivity contribution is 0.493. The second-order valence-electron chi connectivity index (χ2n) is 9.49. The van der Waals surface area contributed by atoms with Gasteiger partial charge >= 0.3 is 0 Å². The largest absolute Gasteiger partial charge is 0.353 e. The van der Waals surface area contributed by atoms with Crippen molar-refractivity contribution in [2.75, 3.05) is 0 Å². The van der Waals surface area contributed by atoms with Gasteiger partial charge in [-0.15, -0.1) is 0 Å². The van der Waals surface area contributed by atoms with Gasteiger partial charge in [-0.2, -0.15) is 33.7 Å². The van der Waals surface area contributed by atoms with Gasteiger partial charge in [-0.25, -0.2) is 0 Å². The molecule has 4 aromatic heterocycles. The molecule has 0 amide bonds. The van der Waals surface area contributed by atoms with Gasteiger partial charge in [0.2, 0.25) is 0 Å². The van der Waals surface area contributed by atoms with Crippen molar-refractivity contribution >= 4 is 70.9 Å². The maximum Gasteiger partial charge on any atom is 0.298 e. The lowest BCUT2D eigenvalue weighted by Crippen LogP contribution is -2.23. The van der Waals surface area contributed by atoms with E-state index in [1.165, 1.54) is 24.3 Å². The fourth-order valence-corrected chi connectivity index (χ4v) is 8.39. The molecule has 230 valence electrons. The predicted octanol–water partition coefficient (Wildman–Crippen LogP) is -1.36. The Labute approximate surface area is 246 Å². The van der Waals surface area contributed by atoms with Crippen LogP contribution in [0.5, 0.6) is 0 Å². The summed E-state index contributed by atoms with van der Waals surface area (Å²) in [5.74, 6) is 0. The molecule has 8 N–H and O–H groups in total. The quantitative estimate of drug-likeness (QED) is 0.102. The molecule has 1 aromatic carbocycles. The summed E-state index contributed by atoms with van der Waals surface area (Å²) in [6, 6.07) is 12.0. The van der Waals surface area contributed by atoms with Gasteiger partial charge in [-0.05, 0) is 36.4 Å². The lowest BCUT2D eigenvalue weighted by Gasteiger charge is -2.05. The van der Waals surface area contributed by atoms with Crippen LogP contribution in [0.25, 0.3) is 30.4 Å². The van der Waals surface area contributed by atoms with E-state index in [0.29, 0.717) is 0 Å². The average molecular weight is 683 g/mol. The molecule has 6 rings (SSSR count). The summed E-state index contributed by atoms with van der Waals surface area (Å²) in [6.07, 6.45) is 0. The number of rotatable bonds is 4. The highest BCUT2D eigenvalue weighted by molar-refractivity contribution is 7.96. The predicted molar refractivity (Wildman–Crippen MR) is 155 cm³/mol. The molecule has 44 heavy (non-hydrogen) atoms. The van der Waals surface area contributed by atoms with Crippen molar-refractivity contribution in [3.8, 4) is 0 Å². The molecule has 8 bridgehead atoms. The van der Waals surface area contributed by atoms with Gasteiger partial charge in [0.1, 0.15) is 19.6 Å². The second-order valence-corrected chi connectivity index (χ2v) is 14.9. The summed E-state index contributed by atoms with van der Waals surface area (Å²) in [6.45, 7) is 0. The molecule has 0 unspecified atom stereocenters. The molecule has 0 saturated carbocycles. The van der Waals surface area contributed by atoms with E-state index in [2.05, 4.69) is 19.9 Å². The minimum Gasteiger partial charge on any atom is -0.353 e. The highest BCUT2D eigenvalue weighted by Gasteiger charge is 2.30. The molecule has 1 aliphatic rings. The topological polar surface area (TPSA) is 281 Å². The molecular weight excluding hydrogens is 665 g/mol. The van der Waals surface area contributed by atoms with Crippen LogP contribution in [0.3, 0.4) is 0 Å². The molecule has 1 aliphatic heterocycles. The molecule has 0 aliphatic carbocycles. The number of hydrogen-bond donors (Lipinski definition) is 8. The average Bonchev–Trinajstić information content (AvgIpc) is 3.66. The first-order valence-corrected chi connectivity index (χ1v) is 17.7. The van der Waals surface area contributed by atoms with Gasteiger partial charge in [0, 0.05) is 10.8 Å². The van der Waals surface area contributed by atoms with Crippen LogP contribution < -0.4 is 21.4 Å². The zero-order valence-electron chi connectivity index (χ0n) is 21.5. The fraction of sp³-hybridized carbons (Fsp3) is 0.